The molecule has 15 heavy (non-hydrogen) atoms. The van der Waals surface area contributed by atoms with E-state index >= 15 is 0 Å². The van der Waals surface area contributed by atoms with Gasteiger partial charge in [0.25, 0.3) is 0 Å². The third-order valence-corrected chi connectivity index (χ3v) is 2.96. The Labute approximate surface area is 91.1 Å². The molecule has 1 atom stereocenters. The van der Waals surface area contributed by atoms with Crippen LogP contribution in [0.5, 0.6) is 0 Å². The number of anilines is 1. The Hall–Kier alpha value is -1.03. The van der Waals surface area contributed by atoms with Gasteiger partial charge in [-0.15, -0.1) is 0 Å². The molecule has 0 amide bonds. The van der Waals surface area contributed by atoms with Gasteiger partial charge >= 0.3 is 0 Å². The highest BCUT2D eigenvalue weighted by molar-refractivity contribution is 5.45. The van der Waals surface area contributed by atoms with Gasteiger partial charge in [-0.25, -0.2) is 0 Å². The molecule has 0 aromatic carbocycles. The number of nitrogens with one attached hydrogen (secondary N) is 2. The largest absolute Gasteiger partial charge is 0.381 e. The van der Waals surface area contributed by atoms with Crippen molar-refractivity contribution in [2.45, 2.75) is 32.2 Å². The van der Waals surface area contributed by atoms with Gasteiger partial charge in [-0.05, 0) is 26.3 Å². The highest BCUT2D eigenvalue weighted by Crippen LogP contribution is 2.13. The Morgan fingerprint density at radius 2 is 2.47 bits per heavy atom. The summed E-state index contributed by atoms with van der Waals surface area (Å²) in [7, 11) is 1.96. The van der Waals surface area contributed by atoms with Gasteiger partial charge < -0.3 is 10.6 Å². The number of aryl methyl sites for hydroxylation is 2. The molecule has 2 heterocycles. The molecule has 0 radical (unpaired) electrons. The summed E-state index contributed by atoms with van der Waals surface area (Å²) >= 11 is 0. The van der Waals surface area contributed by atoms with Gasteiger partial charge in [-0.2, -0.15) is 5.10 Å². The van der Waals surface area contributed by atoms with Crippen LogP contribution in [0.3, 0.4) is 0 Å². The minimum atomic E-state index is 0.623. The van der Waals surface area contributed by atoms with E-state index in [1.165, 1.54) is 25.8 Å². The molecule has 0 saturated carbocycles. The van der Waals surface area contributed by atoms with Crippen LogP contribution in [-0.2, 0) is 7.05 Å². The number of nitrogens with zero attached hydrogens (tertiary/aromatic N) is 2. The Bertz CT molecular complexity index is 312. The topological polar surface area (TPSA) is 41.9 Å². The monoisotopic (exact) mass is 208 g/mol. The van der Waals surface area contributed by atoms with Crippen molar-refractivity contribution in [2.75, 3.05) is 18.4 Å². The minimum Gasteiger partial charge on any atom is -0.381 e. The number of rotatable bonds is 3. The highest BCUT2D eigenvalue weighted by atomic mass is 15.3. The van der Waals surface area contributed by atoms with E-state index in [9.17, 15) is 0 Å². The average molecular weight is 208 g/mol. The lowest BCUT2D eigenvalue weighted by molar-refractivity contribution is 0.414. The lowest BCUT2D eigenvalue weighted by atomic mass is 10.1. The number of hydrogen-bond donors (Lipinski definition) is 2. The molecule has 84 valence electrons. The molecule has 1 aliphatic heterocycles. The summed E-state index contributed by atoms with van der Waals surface area (Å²) in [6.07, 6.45) is 6.00. The normalized spacial score (nSPS) is 21.6. The van der Waals surface area contributed by atoms with Crippen molar-refractivity contribution in [1.82, 2.24) is 15.1 Å². The van der Waals surface area contributed by atoms with Gasteiger partial charge in [-0.1, -0.05) is 6.42 Å². The molecule has 1 aromatic rings. The third kappa shape index (κ3) is 2.72. The molecule has 4 heteroatoms. The maximum Gasteiger partial charge on any atom is 0.0824 e. The van der Waals surface area contributed by atoms with Crippen LogP contribution in [0.4, 0.5) is 5.69 Å². The SMILES string of the molecule is Cc1nn(C)cc1NCC1CCCCN1. The van der Waals surface area contributed by atoms with Crippen molar-refractivity contribution in [3.8, 4) is 0 Å². The Morgan fingerprint density at radius 1 is 1.60 bits per heavy atom. The van der Waals surface area contributed by atoms with Gasteiger partial charge in [-0.3, -0.25) is 4.68 Å². The Kier molecular flexibility index (Phi) is 3.26. The maximum atomic E-state index is 4.31. The van der Waals surface area contributed by atoms with Gasteiger partial charge in [0.15, 0.2) is 0 Å². The van der Waals surface area contributed by atoms with Crippen LogP contribution in [0.2, 0.25) is 0 Å². The molecule has 0 aliphatic carbocycles. The molecule has 1 unspecified atom stereocenters. The fourth-order valence-corrected chi connectivity index (χ4v) is 2.10. The van der Waals surface area contributed by atoms with E-state index in [0.717, 1.165) is 17.9 Å². The first kappa shape index (κ1) is 10.5. The van der Waals surface area contributed by atoms with Gasteiger partial charge in [0.1, 0.15) is 0 Å². The molecule has 1 aromatic heterocycles. The van der Waals surface area contributed by atoms with Gasteiger partial charge in [0, 0.05) is 25.8 Å². The van der Waals surface area contributed by atoms with Crippen LogP contribution in [0.25, 0.3) is 0 Å². The molecule has 0 bridgehead atoms. The van der Waals surface area contributed by atoms with Crippen molar-refractivity contribution in [2.24, 2.45) is 7.05 Å². The van der Waals surface area contributed by atoms with Crippen molar-refractivity contribution < 1.29 is 0 Å². The van der Waals surface area contributed by atoms with E-state index in [1.807, 2.05) is 24.9 Å². The zero-order chi connectivity index (χ0) is 10.7. The molecule has 1 fully saturated rings. The van der Waals surface area contributed by atoms with Gasteiger partial charge in [0.2, 0.25) is 0 Å². The van der Waals surface area contributed by atoms with E-state index in [0.29, 0.717) is 6.04 Å². The fourth-order valence-electron chi connectivity index (χ4n) is 2.10. The third-order valence-electron chi connectivity index (χ3n) is 2.96. The predicted molar refractivity (Wildman–Crippen MR) is 62.1 cm³/mol. The van der Waals surface area contributed by atoms with Crippen LogP contribution in [0, 0.1) is 6.92 Å². The lowest BCUT2D eigenvalue weighted by Gasteiger charge is -2.23. The van der Waals surface area contributed by atoms with Crippen LogP contribution >= 0.6 is 0 Å². The van der Waals surface area contributed by atoms with E-state index < -0.39 is 0 Å². The molecule has 2 rings (SSSR count). The van der Waals surface area contributed by atoms with E-state index in [4.69, 9.17) is 0 Å². The number of piperidine rings is 1. The fraction of sp³-hybridized carbons (Fsp3) is 0.727. The quantitative estimate of drug-likeness (QED) is 0.786. The van der Waals surface area contributed by atoms with Crippen LogP contribution in [0.1, 0.15) is 25.0 Å². The first-order chi connectivity index (χ1) is 7.25. The van der Waals surface area contributed by atoms with Crippen molar-refractivity contribution in [3.05, 3.63) is 11.9 Å². The second-order valence-corrected chi connectivity index (χ2v) is 4.33. The zero-order valence-electron chi connectivity index (χ0n) is 9.58. The molecule has 2 N–H and O–H groups in total. The zero-order valence-corrected chi connectivity index (χ0v) is 9.58. The second kappa shape index (κ2) is 4.66. The van der Waals surface area contributed by atoms with E-state index in [1.54, 1.807) is 0 Å². The smallest absolute Gasteiger partial charge is 0.0824 e. The lowest BCUT2D eigenvalue weighted by Crippen LogP contribution is -2.39. The molecule has 4 nitrogen and oxygen atoms in total. The van der Waals surface area contributed by atoms with Crippen molar-refractivity contribution in [1.29, 1.82) is 0 Å². The minimum absolute atomic E-state index is 0.623. The summed E-state index contributed by atoms with van der Waals surface area (Å²) in [6, 6.07) is 0.623. The molecular weight excluding hydrogens is 188 g/mol. The maximum absolute atomic E-state index is 4.31. The highest BCUT2D eigenvalue weighted by Gasteiger charge is 2.12. The second-order valence-electron chi connectivity index (χ2n) is 4.33. The molecule has 0 spiro atoms. The standard InChI is InChI=1S/C11H20N4/c1-9-11(8-15(2)14-9)13-7-10-5-3-4-6-12-10/h8,10,12-13H,3-7H2,1-2H3. The molecule has 1 aliphatic rings. The van der Waals surface area contributed by atoms with Crippen LogP contribution in [0.15, 0.2) is 6.20 Å². The Morgan fingerprint density at radius 3 is 3.07 bits per heavy atom. The summed E-state index contributed by atoms with van der Waals surface area (Å²) in [5.74, 6) is 0. The summed E-state index contributed by atoms with van der Waals surface area (Å²) in [6.45, 7) is 4.21. The predicted octanol–water partition coefficient (Wildman–Crippen LogP) is 1.28. The van der Waals surface area contributed by atoms with E-state index in [-0.39, 0.29) is 0 Å². The van der Waals surface area contributed by atoms with Crippen molar-refractivity contribution >= 4 is 5.69 Å². The van der Waals surface area contributed by atoms with Gasteiger partial charge in [0.05, 0.1) is 11.4 Å². The summed E-state index contributed by atoms with van der Waals surface area (Å²) in [5.41, 5.74) is 2.23. The summed E-state index contributed by atoms with van der Waals surface area (Å²) in [5, 5.41) is 11.3. The van der Waals surface area contributed by atoms with E-state index in [2.05, 4.69) is 15.7 Å². The Balaban J connectivity index is 1.84. The number of aromatic nitrogens is 2. The molecule has 1 saturated heterocycles. The van der Waals surface area contributed by atoms with Crippen LogP contribution in [-0.4, -0.2) is 28.9 Å². The summed E-state index contributed by atoms with van der Waals surface area (Å²) in [4.78, 5) is 0. The van der Waals surface area contributed by atoms with Crippen LogP contribution < -0.4 is 10.6 Å². The number of hydrogen-bond acceptors (Lipinski definition) is 3. The first-order valence-corrected chi connectivity index (χ1v) is 5.73. The van der Waals surface area contributed by atoms with Crippen molar-refractivity contribution in [3.63, 3.8) is 0 Å². The average Bonchev–Trinajstić information content (AvgIpc) is 2.56. The first-order valence-electron chi connectivity index (χ1n) is 5.73. The molecular formula is C11H20N4. The summed E-state index contributed by atoms with van der Waals surface area (Å²) < 4.78 is 1.85.